The van der Waals surface area contributed by atoms with Gasteiger partial charge >= 0.3 is 11.9 Å². The summed E-state index contributed by atoms with van der Waals surface area (Å²) in [6, 6.07) is 14.9. The number of carbonyl (C=O) groups excluding carboxylic acids is 2. The highest BCUT2D eigenvalue weighted by Gasteiger charge is 2.38. The second-order valence-electron chi connectivity index (χ2n) is 13.0. The number of benzene rings is 2. The molecule has 0 saturated carbocycles. The van der Waals surface area contributed by atoms with E-state index in [-0.39, 0.29) is 43.2 Å². The van der Waals surface area contributed by atoms with Crippen LogP contribution in [0.4, 0.5) is 5.69 Å². The monoisotopic (exact) mass is 624 g/mol. The summed E-state index contributed by atoms with van der Waals surface area (Å²) in [5.41, 5.74) is 2.76. The molecule has 2 aliphatic heterocycles. The Hall–Kier alpha value is -3.31. The maximum absolute atomic E-state index is 13.0. The minimum atomic E-state index is -0.790. The molecule has 2 aromatic rings. The number of rotatable bonds is 14. The van der Waals surface area contributed by atoms with Crippen molar-refractivity contribution < 1.29 is 38.8 Å². The molecule has 2 aliphatic rings. The molecule has 0 radical (unpaired) electrons. The molecule has 4 atom stereocenters. The van der Waals surface area contributed by atoms with E-state index < -0.39 is 17.9 Å². The lowest BCUT2D eigenvalue weighted by molar-refractivity contribution is -0.253. The van der Waals surface area contributed by atoms with Crippen LogP contribution in [0.1, 0.15) is 108 Å². The average molecular weight is 625 g/mol. The van der Waals surface area contributed by atoms with E-state index in [1.54, 1.807) is 0 Å². The number of nitrogens with one attached hydrogen (secondary N) is 1. The Bertz CT molecular complexity index is 1260. The standard InChI is InChI=1S/C35H48N2O8/c1-35(2,3)45-33(42)29-9-8-20-37(29)22-28-21-30(25-14-12-24(23-38)13-15-25)44-34(43-28)26-16-18-27(19-17-26)36-31(39)10-6-4-5-7-11-32(40)41/h12-19,28-30,34,38H,4-11,20-23H2,1-3H3,(H,36,39)(H,40,41)/t28-,29-,30+,34+/m0/s1. The van der Waals surface area contributed by atoms with Crippen molar-refractivity contribution in [3.8, 4) is 0 Å². The van der Waals surface area contributed by atoms with Gasteiger partial charge in [0.15, 0.2) is 6.29 Å². The average Bonchev–Trinajstić information content (AvgIpc) is 3.46. The van der Waals surface area contributed by atoms with E-state index in [1.807, 2.05) is 69.3 Å². The molecule has 0 aromatic heterocycles. The smallest absolute Gasteiger partial charge is 0.323 e. The van der Waals surface area contributed by atoms with Crippen molar-refractivity contribution in [2.75, 3.05) is 18.4 Å². The SMILES string of the molecule is CC(C)(C)OC(=O)[C@@H]1CCCN1C[C@@H]1C[C@H](c2ccc(CO)cc2)O[C@H](c2ccc(NC(=O)CCCCCCC(=O)O)cc2)O1. The Morgan fingerprint density at radius 1 is 0.933 bits per heavy atom. The number of aliphatic hydroxyl groups is 1. The number of aliphatic carboxylic acids is 1. The van der Waals surface area contributed by atoms with Crippen LogP contribution >= 0.6 is 0 Å². The van der Waals surface area contributed by atoms with Crippen LogP contribution < -0.4 is 5.32 Å². The number of carbonyl (C=O) groups is 3. The maximum Gasteiger partial charge on any atom is 0.323 e. The fourth-order valence-corrected chi connectivity index (χ4v) is 5.84. The molecule has 246 valence electrons. The topological polar surface area (TPSA) is 135 Å². The van der Waals surface area contributed by atoms with E-state index in [0.717, 1.165) is 48.9 Å². The number of unbranched alkanes of at least 4 members (excludes halogenated alkanes) is 3. The Kier molecular flexibility index (Phi) is 12.5. The van der Waals surface area contributed by atoms with E-state index in [2.05, 4.69) is 10.2 Å². The zero-order valence-electron chi connectivity index (χ0n) is 26.7. The first-order valence-electron chi connectivity index (χ1n) is 16.1. The fraction of sp³-hybridized carbons (Fsp3) is 0.571. The lowest BCUT2D eigenvalue weighted by atomic mass is 9.99. The number of nitrogens with zero attached hydrogens (tertiary/aromatic N) is 1. The highest BCUT2D eigenvalue weighted by atomic mass is 16.7. The van der Waals surface area contributed by atoms with Crippen LogP contribution in [0.5, 0.6) is 0 Å². The fourth-order valence-electron chi connectivity index (χ4n) is 5.84. The molecule has 3 N–H and O–H groups in total. The molecule has 2 fully saturated rings. The summed E-state index contributed by atoms with van der Waals surface area (Å²) in [5.74, 6) is -1.07. The van der Waals surface area contributed by atoms with Gasteiger partial charge < -0.3 is 29.7 Å². The molecule has 0 unspecified atom stereocenters. The van der Waals surface area contributed by atoms with Gasteiger partial charge in [-0.3, -0.25) is 19.3 Å². The molecule has 10 heteroatoms. The third-order valence-corrected chi connectivity index (χ3v) is 8.11. The van der Waals surface area contributed by atoms with Crippen LogP contribution in [0.3, 0.4) is 0 Å². The number of anilines is 1. The number of hydrogen-bond donors (Lipinski definition) is 3. The van der Waals surface area contributed by atoms with Crippen LogP contribution in [-0.2, 0) is 35.2 Å². The zero-order valence-corrected chi connectivity index (χ0v) is 26.7. The number of hydrogen-bond acceptors (Lipinski definition) is 8. The Balaban J connectivity index is 1.40. The number of carboxylic acids is 1. The van der Waals surface area contributed by atoms with Crippen molar-refractivity contribution in [1.82, 2.24) is 4.90 Å². The predicted octanol–water partition coefficient (Wildman–Crippen LogP) is 5.89. The van der Waals surface area contributed by atoms with Crippen LogP contribution in [-0.4, -0.2) is 63.8 Å². The van der Waals surface area contributed by atoms with Crippen molar-refractivity contribution in [1.29, 1.82) is 0 Å². The quantitative estimate of drug-likeness (QED) is 0.174. The van der Waals surface area contributed by atoms with Gasteiger partial charge in [-0.2, -0.15) is 0 Å². The molecule has 4 rings (SSSR count). The summed E-state index contributed by atoms with van der Waals surface area (Å²) >= 11 is 0. The number of ether oxygens (including phenoxy) is 3. The third kappa shape index (κ3) is 10.9. The van der Waals surface area contributed by atoms with Gasteiger partial charge in [0.05, 0.1) is 18.8 Å². The molecule has 0 bridgehead atoms. The van der Waals surface area contributed by atoms with Crippen LogP contribution in [0, 0.1) is 0 Å². The van der Waals surface area contributed by atoms with Gasteiger partial charge in [0.2, 0.25) is 5.91 Å². The van der Waals surface area contributed by atoms with Crippen LogP contribution in [0.25, 0.3) is 0 Å². The van der Waals surface area contributed by atoms with E-state index >= 15 is 0 Å². The molecule has 2 saturated heterocycles. The van der Waals surface area contributed by atoms with E-state index in [1.165, 1.54) is 0 Å². The molecule has 1 amide bonds. The van der Waals surface area contributed by atoms with Gasteiger partial charge in [0.1, 0.15) is 11.6 Å². The molecule has 2 heterocycles. The number of carboxylic acid groups (broad SMARTS) is 1. The largest absolute Gasteiger partial charge is 0.481 e. The number of amides is 1. The lowest BCUT2D eigenvalue weighted by Gasteiger charge is -2.38. The molecular formula is C35H48N2O8. The highest BCUT2D eigenvalue weighted by molar-refractivity contribution is 5.90. The molecular weight excluding hydrogens is 576 g/mol. The van der Waals surface area contributed by atoms with E-state index in [0.29, 0.717) is 37.9 Å². The van der Waals surface area contributed by atoms with Gasteiger partial charge in [-0.05, 0) is 76.3 Å². The van der Waals surface area contributed by atoms with Crippen molar-refractivity contribution in [2.45, 2.75) is 115 Å². The minimum Gasteiger partial charge on any atom is -0.481 e. The van der Waals surface area contributed by atoms with Gasteiger partial charge in [0, 0.05) is 37.1 Å². The number of aliphatic hydroxyl groups excluding tert-OH is 1. The first-order valence-corrected chi connectivity index (χ1v) is 16.1. The highest BCUT2D eigenvalue weighted by Crippen LogP contribution is 2.39. The summed E-state index contributed by atoms with van der Waals surface area (Å²) < 4.78 is 18.7. The van der Waals surface area contributed by atoms with E-state index in [9.17, 15) is 19.5 Å². The van der Waals surface area contributed by atoms with Gasteiger partial charge in [-0.15, -0.1) is 0 Å². The number of esters is 1. The Morgan fingerprint density at radius 3 is 2.24 bits per heavy atom. The predicted molar refractivity (Wildman–Crippen MR) is 169 cm³/mol. The summed E-state index contributed by atoms with van der Waals surface area (Å²) in [6.07, 6.45) is 4.66. The number of likely N-dealkylation sites (tertiary alicyclic amines) is 1. The summed E-state index contributed by atoms with van der Waals surface area (Å²) in [6.45, 7) is 6.98. The Labute approximate surface area is 266 Å². The lowest BCUT2D eigenvalue weighted by Crippen LogP contribution is -2.45. The van der Waals surface area contributed by atoms with Crippen molar-refractivity contribution in [2.24, 2.45) is 0 Å². The van der Waals surface area contributed by atoms with E-state index in [4.69, 9.17) is 19.3 Å². The zero-order chi connectivity index (χ0) is 32.4. The Morgan fingerprint density at radius 2 is 1.60 bits per heavy atom. The maximum atomic E-state index is 13.0. The minimum absolute atomic E-state index is 0.0309. The van der Waals surface area contributed by atoms with Crippen molar-refractivity contribution in [3.63, 3.8) is 0 Å². The summed E-state index contributed by atoms with van der Waals surface area (Å²) in [7, 11) is 0. The first-order chi connectivity index (χ1) is 21.5. The summed E-state index contributed by atoms with van der Waals surface area (Å²) in [5, 5.41) is 21.2. The third-order valence-electron chi connectivity index (χ3n) is 8.11. The summed E-state index contributed by atoms with van der Waals surface area (Å²) in [4.78, 5) is 38.2. The van der Waals surface area contributed by atoms with Gasteiger partial charge in [-0.1, -0.05) is 49.2 Å². The molecule has 10 nitrogen and oxygen atoms in total. The van der Waals surface area contributed by atoms with Gasteiger partial charge in [0.25, 0.3) is 0 Å². The first kappa shape index (κ1) is 34.6. The molecule has 0 aliphatic carbocycles. The normalized spacial score (nSPS) is 22.2. The molecule has 0 spiro atoms. The second-order valence-corrected chi connectivity index (χ2v) is 13.0. The molecule has 2 aromatic carbocycles. The van der Waals surface area contributed by atoms with Gasteiger partial charge in [-0.25, -0.2) is 0 Å². The van der Waals surface area contributed by atoms with Crippen molar-refractivity contribution in [3.05, 3.63) is 65.2 Å². The van der Waals surface area contributed by atoms with Crippen molar-refractivity contribution >= 4 is 23.5 Å². The van der Waals surface area contributed by atoms with Crippen LogP contribution in [0.2, 0.25) is 0 Å². The van der Waals surface area contributed by atoms with Crippen LogP contribution in [0.15, 0.2) is 48.5 Å². The second kappa shape index (κ2) is 16.3. The molecule has 45 heavy (non-hydrogen) atoms.